The van der Waals surface area contributed by atoms with Gasteiger partial charge in [-0.25, -0.2) is 14.4 Å². The molecular formula is C14H14ClFN4. The van der Waals surface area contributed by atoms with Gasteiger partial charge in [-0.05, 0) is 24.3 Å². The van der Waals surface area contributed by atoms with Crippen LogP contribution in [0.5, 0.6) is 0 Å². The van der Waals surface area contributed by atoms with Crippen LogP contribution >= 0.6 is 11.6 Å². The van der Waals surface area contributed by atoms with Gasteiger partial charge in [-0.1, -0.05) is 11.6 Å². The van der Waals surface area contributed by atoms with Crippen molar-refractivity contribution in [2.45, 2.75) is 0 Å². The smallest absolute Gasteiger partial charge is 0.150 e. The molecule has 0 unspecified atom stereocenters. The molecule has 104 valence electrons. The van der Waals surface area contributed by atoms with Crippen molar-refractivity contribution in [3.05, 3.63) is 47.6 Å². The summed E-state index contributed by atoms with van der Waals surface area (Å²) in [5, 5.41) is 0.572. The molecule has 0 spiro atoms. The van der Waals surface area contributed by atoms with Crippen LogP contribution in [0.3, 0.4) is 0 Å². The van der Waals surface area contributed by atoms with Crippen LogP contribution in [0.25, 0.3) is 0 Å². The summed E-state index contributed by atoms with van der Waals surface area (Å²) < 4.78 is 12.9. The Morgan fingerprint density at radius 3 is 2.30 bits per heavy atom. The van der Waals surface area contributed by atoms with E-state index >= 15 is 0 Å². The minimum atomic E-state index is -0.208. The van der Waals surface area contributed by atoms with Gasteiger partial charge in [0.2, 0.25) is 0 Å². The standard InChI is InChI=1S/C14H14ClFN4/c15-13-9-17-10-18-14(13)20-7-5-19(6-8-20)12-3-1-11(16)2-4-12/h1-4,9-10H,5-8H2. The van der Waals surface area contributed by atoms with E-state index in [1.807, 2.05) is 12.1 Å². The number of piperazine rings is 1. The number of benzene rings is 1. The molecule has 2 heterocycles. The molecule has 2 aromatic rings. The summed E-state index contributed by atoms with van der Waals surface area (Å²) in [6.07, 6.45) is 3.11. The van der Waals surface area contributed by atoms with E-state index in [1.165, 1.54) is 18.5 Å². The van der Waals surface area contributed by atoms with Gasteiger partial charge in [-0.3, -0.25) is 0 Å². The van der Waals surface area contributed by atoms with Crippen molar-refractivity contribution in [2.24, 2.45) is 0 Å². The first kappa shape index (κ1) is 13.1. The van der Waals surface area contributed by atoms with Crippen LogP contribution in [-0.2, 0) is 0 Å². The van der Waals surface area contributed by atoms with Gasteiger partial charge in [-0.15, -0.1) is 0 Å². The molecule has 1 aromatic carbocycles. The highest BCUT2D eigenvalue weighted by atomic mass is 35.5. The molecule has 0 bridgehead atoms. The second-order valence-corrected chi connectivity index (χ2v) is 5.05. The first-order chi connectivity index (χ1) is 9.74. The summed E-state index contributed by atoms with van der Waals surface area (Å²) >= 11 is 6.11. The molecule has 3 rings (SSSR count). The third-order valence-corrected chi connectivity index (χ3v) is 3.69. The molecule has 20 heavy (non-hydrogen) atoms. The van der Waals surface area contributed by atoms with Crippen LogP contribution in [-0.4, -0.2) is 36.1 Å². The van der Waals surface area contributed by atoms with E-state index in [1.54, 1.807) is 6.20 Å². The first-order valence-corrected chi connectivity index (χ1v) is 6.83. The number of hydrogen-bond donors (Lipinski definition) is 0. The third-order valence-electron chi connectivity index (χ3n) is 3.42. The maximum atomic E-state index is 12.9. The molecular weight excluding hydrogens is 279 g/mol. The number of halogens is 2. The van der Waals surface area contributed by atoms with Gasteiger partial charge < -0.3 is 9.80 Å². The van der Waals surface area contributed by atoms with Gasteiger partial charge in [-0.2, -0.15) is 0 Å². The Bertz CT molecular complexity index is 582. The minimum absolute atomic E-state index is 0.208. The van der Waals surface area contributed by atoms with Gasteiger partial charge in [0, 0.05) is 31.9 Å². The third kappa shape index (κ3) is 2.67. The second-order valence-electron chi connectivity index (χ2n) is 4.64. The highest BCUT2D eigenvalue weighted by molar-refractivity contribution is 6.32. The van der Waals surface area contributed by atoms with Gasteiger partial charge in [0.25, 0.3) is 0 Å². The van der Waals surface area contributed by atoms with Crippen LogP contribution in [0.2, 0.25) is 5.02 Å². The van der Waals surface area contributed by atoms with E-state index in [2.05, 4.69) is 19.8 Å². The first-order valence-electron chi connectivity index (χ1n) is 6.45. The number of aromatic nitrogens is 2. The molecule has 0 N–H and O–H groups in total. The van der Waals surface area contributed by atoms with Gasteiger partial charge in [0.15, 0.2) is 5.82 Å². The largest absolute Gasteiger partial charge is 0.368 e. The Balaban J connectivity index is 1.68. The summed E-state index contributed by atoms with van der Waals surface area (Å²) in [5.74, 6) is 0.570. The predicted octanol–water partition coefficient (Wildman–Crippen LogP) is 2.60. The molecule has 1 saturated heterocycles. The average Bonchev–Trinajstić information content (AvgIpc) is 2.49. The normalized spacial score (nSPS) is 15.5. The van der Waals surface area contributed by atoms with Crippen molar-refractivity contribution in [1.29, 1.82) is 0 Å². The topological polar surface area (TPSA) is 32.3 Å². The lowest BCUT2D eigenvalue weighted by molar-refractivity contribution is 0.624. The minimum Gasteiger partial charge on any atom is -0.368 e. The Kier molecular flexibility index (Phi) is 3.69. The molecule has 0 atom stereocenters. The van der Waals surface area contributed by atoms with Crippen LogP contribution in [0.1, 0.15) is 0 Å². The zero-order valence-corrected chi connectivity index (χ0v) is 11.6. The Morgan fingerprint density at radius 1 is 1.00 bits per heavy atom. The van der Waals surface area contributed by atoms with Crippen molar-refractivity contribution in [3.63, 3.8) is 0 Å². The molecule has 0 amide bonds. The Hall–Kier alpha value is -1.88. The molecule has 1 fully saturated rings. The highest BCUT2D eigenvalue weighted by Gasteiger charge is 2.20. The Labute approximate surface area is 121 Å². The maximum absolute atomic E-state index is 12.9. The van der Waals surface area contributed by atoms with Crippen LogP contribution < -0.4 is 9.80 Å². The summed E-state index contributed by atoms with van der Waals surface area (Å²) in [4.78, 5) is 12.5. The zero-order chi connectivity index (χ0) is 13.9. The van der Waals surface area contributed by atoms with Crippen molar-refractivity contribution in [2.75, 3.05) is 36.0 Å². The van der Waals surface area contributed by atoms with Gasteiger partial charge >= 0.3 is 0 Å². The lowest BCUT2D eigenvalue weighted by Crippen LogP contribution is -2.47. The lowest BCUT2D eigenvalue weighted by Gasteiger charge is -2.36. The summed E-state index contributed by atoms with van der Waals surface area (Å²) in [6, 6.07) is 6.59. The monoisotopic (exact) mass is 292 g/mol. The van der Waals surface area contributed by atoms with E-state index in [-0.39, 0.29) is 5.82 Å². The van der Waals surface area contributed by atoms with Crippen LogP contribution in [0.15, 0.2) is 36.8 Å². The number of hydrogen-bond acceptors (Lipinski definition) is 4. The number of rotatable bonds is 2. The van der Waals surface area contributed by atoms with Crippen molar-refractivity contribution >= 4 is 23.1 Å². The van der Waals surface area contributed by atoms with E-state index in [9.17, 15) is 4.39 Å². The summed E-state index contributed by atoms with van der Waals surface area (Å²) in [7, 11) is 0. The molecule has 0 aliphatic carbocycles. The predicted molar refractivity (Wildman–Crippen MR) is 77.9 cm³/mol. The fourth-order valence-electron chi connectivity index (χ4n) is 2.37. The summed E-state index contributed by atoms with van der Waals surface area (Å²) in [5.41, 5.74) is 1.04. The second kappa shape index (κ2) is 5.63. The molecule has 6 heteroatoms. The molecule has 0 radical (unpaired) electrons. The van der Waals surface area contributed by atoms with Crippen LogP contribution in [0.4, 0.5) is 15.9 Å². The van der Waals surface area contributed by atoms with Crippen molar-refractivity contribution < 1.29 is 4.39 Å². The molecule has 4 nitrogen and oxygen atoms in total. The average molecular weight is 293 g/mol. The fourth-order valence-corrected chi connectivity index (χ4v) is 2.59. The van der Waals surface area contributed by atoms with E-state index in [4.69, 9.17) is 11.6 Å². The SMILES string of the molecule is Fc1ccc(N2CCN(c3ncncc3Cl)CC2)cc1. The Morgan fingerprint density at radius 2 is 1.65 bits per heavy atom. The highest BCUT2D eigenvalue weighted by Crippen LogP contribution is 2.24. The fraction of sp³-hybridized carbons (Fsp3) is 0.286. The molecule has 1 aromatic heterocycles. The molecule has 0 saturated carbocycles. The zero-order valence-electron chi connectivity index (χ0n) is 10.8. The lowest BCUT2D eigenvalue weighted by atomic mass is 10.2. The van der Waals surface area contributed by atoms with E-state index in [0.717, 1.165) is 37.7 Å². The van der Waals surface area contributed by atoms with Crippen molar-refractivity contribution in [1.82, 2.24) is 9.97 Å². The maximum Gasteiger partial charge on any atom is 0.150 e. The molecule has 1 aliphatic heterocycles. The van der Waals surface area contributed by atoms with Gasteiger partial charge in [0.1, 0.15) is 17.2 Å². The number of anilines is 2. The van der Waals surface area contributed by atoms with Crippen molar-refractivity contribution in [3.8, 4) is 0 Å². The number of nitrogens with zero attached hydrogens (tertiary/aromatic N) is 4. The molecule has 1 aliphatic rings. The van der Waals surface area contributed by atoms with Gasteiger partial charge in [0.05, 0.1) is 6.20 Å². The summed E-state index contributed by atoms with van der Waals surface area (Å²) in [6.45, 7) is 3.36. The quantitative estimate of drug-likeness (QED) is 0.852. The van der Waals surface area contributed by atoms with E-state index in [0.29, 0.717) is 5.02 Å². The van der Waals surface area contributed by atoms with E-state index < -0.39 is 0 Å². The van der Waals surface area contributed by atoms with Crippen LogP contribution in [0, 0.1) is 5.82 Å².